The minimum Gasteiger partial charge on any atom is -0.454 e. The number of quaternary nitrogens is 1. The van der Waals surface area contributed by atoms with Crippen LogP contribution in [-0.2, 0) is 23.1 Å². The summed E-state index contributed by atoms with van der Waals surface area (Å²) in [6, 6.07) is 5.34. The van der Waals surface area contributed by atoms with Gasteiger partial charge in [-0.25, -0.2) is 0 Å². The number of hydrogen-bond donors (Lipinski definition) is 2. The molecule has 10 heteroatoms. The number of nitrogens with one attached hydrogen (secondary N) is 2. The van der Waals surface area contributed by atoms with Crippen LogP contribution in [0.3, 0.4) is 0 Å². The number of fused-ring (bicyclic) bond motifs is 1. The lowest BCUT2D eigenvalue weighted by molar-refractivity contribution is -0.922. The van der Waals surface area contributed by atoms with Gasteiger partial charge in [0.15, 0.2) is 22.5 Å². The van der Waals surface area contributed by atoms with Gasteiger partial charge >= 0.3 is 0 Å². The summed E-state index contributed by atoms with van der Waals surface area (Å²) in [5.74, 6) is 2.40. The minimum atomic E-state index is -0.109. The molecule has 1 amide bonds. The summed E-state index contributed by atoms with van der Waals surface area (Å²) in [5.41, 5.74) is 0.680. The number of carbonyl (C=O) groups excluding carboxylic acids is 1. The quantitative estimate of drug-likeness (QED) is 0.652. The minimum absolute atomic E-state index is 0.109. The smallest absolute Gasteiger partial charge is 0.234 e. The van der Waals surface area contributed by atoms with Crippen LogP contribution in [0.15, 0.2) is 23.4 Å². The zero-order chi connectivity index (χ0) is 18.6. The van der Waals surface area contributed by atoms with E-state index >= 15 is 0 Å². The number of anilines is 1. The van der Waals surface area contributed by atoms with Crippen molar-refractivity contribution in [3.8, 4) is 11.5 Å². The number of morpholine rings is 1. The number of hydrogen-bond acceptors (Lipinski definition) is 7. The summed E-state index contributed by atoms with van der Waals surface area (Å²) >= 11 is 1.37. The second-order valence-corrected chi connectivity index (χ2v) is 7.34. The third-order valence-electron chi connectivity index (χ3n) is 4.52. The maximum Gasteiger partial charge on any atom is 0.234 e. The molecule has 9 nitrogen and oxygen atoms in total. The van der Waals surface area contributed by atoms with E-state index < -0.39 is 0 Å². The van der Waals surface area contributed by atoms with Gasteiger partial charge < -0.3 is 29.0 Å². The highest BCUT2D eigenvalue weighted by atomic mass is 32.2. The summed E-state index contributed by atoms with van der Waals surface area (Å²) in [5, 5.41) is 12.1. The average molecular weight is 392 g/mol. The van der Waals surface area contributed by atoms with Gasteiger partial charge in [-0.05, 0) is 12.1 Å². The molecule has 1 saturated heterocycles. The van der Waals surface area contributed by atoms with Crippen molar-refractivity contribution >= 4 is 23.4 Å². The highest BCUT2D eigenvalue weighted by molar-refractivity contribution is 7.99. The fraction of sp³-hybridized carbons (Fsp3) is 0.471. The van der Waals surface area contributed by atoms with Gasteiger partial charge in [-0.1, -0.05) is 11.8 Å². The maximum atomic E-state index is 12.2. The van der Waals surface area contributed by atoms with Gasteiger partial charge in [0, 0.05) is 18.8 Å². The lowest BCUT2D eigenvalue weighted by atomic mass is 10.3. The van der Waals surface area contributed by atoms with Crippen molar-refractivity contribution in [3.05, 3.63) is 24.0 Å². The molecule has 0 atom stereocenters. The van der Waals surface area contributed by atoms with Gasteiger partial charge in [0.1, 0.15) is 19.6 Å². The van der Waals surface area contributed by atoms with Crippen LogP contribution in [0.4, 0.5) is 5.69 Å². The zero-order valence-electron chi connectivity index (χ0n) is 15.1. The molecule has 1 fully saturated rings. The van der Waals surface area contributed by atoms with Gasteiger partial charge in [-0.2, -0.15) is 0 Å². The van der Waals surface area contributed by atoms with Gasteiger partial charge in [0.05, 0.1) is 19.0 Å². The second-order valence-electron chi connectivity index (χ2n) is 6.40. The average Bonchev–Trinajstić information content (AvgIpc) is 3.28. The molecule has 0 saturated carbocycles. The first-order chi connectivity index (χ1) is 13.2. The van der Waals surface area contributed by atoms with Crippen LogP contribution in [-0.4, -0.2) is 59.5 Å². The normalized spacial score (nSPS) is 16.5. The Bertz CT molecular complexity index is 822. The molecule has 4 rings (SSSR count). The molecule has 144 valence electrons. The van der Waals surface area contributed by atoms with E-state index in [9.17, 15) is 4.79 Å². The van der Waals surface area contributed by atoms with Crippen molar-refractivity contribution in [2.75, 3.05) is 44.2 Å². The largest absolute Gasteiger partial charge is 0.454 e. The molecule has 0 radical (unpaired) electrons. The fourth-order valence-corrected chi connectivity index (χ4v) is 3.72. The summed E-state index contributed by atoms with van der Waals surface area (Å²) in [6.07, 6.45) is 0. The molecule has 0 spiro atoms. The van der Waals surface area contributed by atoms with Crippen LogP contribution in [0.1, 0.15) is 5.82 Å². The van der Waals surface area contributed by atoms with Crippen LogP contribution in [0, 0.1) is 0 Å². The zero-order valence-corrected chi connectivity index (χ0v) is 15.9. The molecule has 1 aromatic carbocycles. The predicted molar refractivity (Wildman–Crippen MR) is 98.1 cm³/mol. The Balaban J connectivity index is 1.30. The Morgan fingerprint density at radius 2 is 2.07 bits per heavy atom. The first kappa shape index (κ1) is 18.1. The van der Waals surface area contributed by atoms with Crippen molar-refractivity contribution in [2.24, 2.45) is 7.05 Å². The van der Waals surface area contributed by atoms with Crippen molar-refractivity contribution in [2.45, 2.75) is 11.7 Å². The lowest BCUT2D eigenvalue weighted by Gasteiger charge is -2.23. The molecule has 0 bridgehead atoms. The number of benzene rings is 1. The van der Waals surface area contributed by atoms with E-state index in [4.69, 9.17) is 14.2 Å². The molecular formula is C17H22N5O4S+. The van der Waals surface area contributed by atoms with Gasteiger partial charge in [0.2, 0.25) is 12.7 Å². The molecule has 2 aromatic rings. The number of rotatable bonds is 6. The molecule has 0 aliphatic carbocycles. The number of ether oxygens (including phenoxy) is 3. The van der Waals surface area contributed by atoms with Crippen LogP contribution in [0.5, 0.6) is 11.5 Å². The van der Waals surface area contributed by atoms with E-state index in [1.54, 1.807) is 18.2 Å². The molecule has 0 unspecified atom stereocenters. The molecule has 1 aromatic heterocycles. The summed E-state index contributed by atoms with van der Waals surface area (Å²) in [6.45, 7) is 4.56. The maximum absolute atomic E-state index is 12.2. The van der Waals surface area contributed by atoms with E-state index in [2.05, 4.69) is 15.5 Å². The molecule has 3 heterocycles. The summed E-state index contributed by atoms with van der Waals surface area (Å²) in [7, 11) is 1.94. The van der Waals surface area contributed by atoms with Gasteiger partial charge in [-0.3, -0.25) is 4.79 Å². The Hall–Kier alpha value is -2.30. The number of amides is 1. The summed E-state index contributed by atoms with van der Waals surface area (Å²) in [4.78, 5) is 13.7. The SMILES string of the molecule is Cn1c(C[NH+]2CCOCC2)nnc1SCC(=O)Nc1ccc2c(c1)OCO2. The lowest BCUT2D eigenvalue weighted by Crippen LogP contribution is -3.12. The highest BCUT2D eigenvalue weighted by Crippen LogP contribution is 2.34. The number of carbonyl (C=O) groups is 1. The van der Waals surface area contributed by atoms with Crippen molar-refractivity contribution in [1.29, 1.82) is 0 Å². The van der Waals surface area contributed by atoms with Crippen LogP contribution >= 0.6 is 11.8 Å². The monoisotopic (exact) mass is 392 g/mol. The topological polar surface area (TPSA) is 91.9 Å². The fourth-order valence-electron chi connectivity index (χ4n) is 2.99. The number of nitrogens with zero attached hydrogens (tertiary/aromatic N) is 3. The second kappa shape index (κ2) is 8.15. The van der Waals surface area contributed by atoms with Crippen molar-refractivity contribution < 1.29 is 23.9 Å². The Labute approximate surface area is 161 Å². The third-order valence-corrected chi connectivity index (χ3v) is 5.54. The first-order valence-corrected chi connectivity index (χ1v) is 9.79. The van der Waals surface area contributed by atoms with Crippen molar-refractivity contribution in [1.82, 2.24) is 14.8 Å². The molecule has 2 N–H and O–H groups in total. The molecular weight excluding hydrogens is 370 g/mol. The van der Waals surface area contributed by atoms with E-state index in [0.717, 1.165) is 43.8 Å². The standard InChI is InChI=1S/C17H21N5O4S/c1-21-15(9-22-4-6-24-7-5-22)19-20-17(21)27-10-16(23)18-12-2-3-13-14(8-12)26-11-25-13/h2-3,8H,4-7,9-11H2,1H3,(H,18,23)/p+1. The first-order valence-electron chi connectivity index (χ1n) is 8.81. The third kappa shape index (κ3) is 4.34. The molecule has 2 aliphatic heterocycles. The van der Waals surface area contributed by atoms with E-state index in [1.807, 2.05) is 11.6 Å². The van der Waals surface area contributed by atoms with Gasteiger partial charge in [-0.15, -0.1) is 10.2 Å². The van der Waals surface area contributed by atoms with Crippen LogP contribution in [0.25, 0.3) is 0 Å². The van der Waals surface area contributed by atoms with E-state index in [1.165, 1.54) is 16.7 Å². The summed E-state index contributed by atoms with van der Waals surface area (Å²) < 4.78 is 17.9. The Morgan fingerprint density at radius 1 is 1.26 bits per heavy atom. The van der Waals surface area contributed by atoms with Gasteiger partial charge in [0.25, 0.3) is 0 Å². The van der Waals surface area contributed by atoms with Crippen LogP contribution in [0.2, 0.25) is 0 Å². The van der Waals surface area contributed by atoms with E-state index in [-0.39, 0.29) is 18.5 Å². The highest BCUT2D eigenvalue weighted by Gasteiger charge is 2.19. The number of thioether (sulfide) groups is 1. The predicted octanol–water partition coefficient (Wildman–Crippen LogP) is -0.310. The number of aromatic nitrogens is 3. The Kier molecular flexibility index (Phi) is 5.46. The molecule has 2 aliphatic rings. The molecule has 27 heavy (non-hydrogen) atoms. The van der Waals surface area contributed by atoms with Crippen LogP contribution < -0.4 is 19.7 Å². The van der Waals surface area contributed by atoms with E-state index in [0.29, 0.717) is 17.2 Å². The Morgan fingerprint density at radius 3 is 2.93 bits per heavy atom. The van der Waals surface area contributed by atoms with Crippen molar-refractivity contribution in [3.63, 3.8) is 0 Å².